The summed E-state index contributed by atoms with van der Waals surface area (Å²) < 4.78 is 27.2. The first-order valence-electron chi connectivity index (χ1n) is 10.5. The number of nitrogens with zero attached hydrogens (tertiary/aromatic N) is 1. The van der Waals surface area contributed by atoms with Gasteiger partial charge in [0.05, 0.1) is 10.8 Å². The summed E-state index contributed by atoms with van der Waals surface area (Å²) >= 11 is 0. The number of rotatable bonds is 6. The third-order valence-electron chi connectivity index (χ3n) is 5.71. The zero-order chi connectivity index (χ0) is 21.7. The Morgan fingerprint density at radius 2 is 1.23 bits per heavy atom. The van der Waals surface area contributed by atoms with Crippen molar-refractivity contribution in [3.05, 3.63) is 102 Å². The molecular formula is C25H26N2O3S. The fourth-order valence-corrected chi connectivity index (χ4v) is 5.54. The molecule has 31 heavy (non-hydrogen) atoms. The van der Waals surface area contributed by atoms with Crippen LogP contribution in [-0.2, 0) is 14.8 Å². The van der Waals surface area contributed by atoms with Crippen LogP contribution in [0.4, 0.5) is 0 Å². The van der Waals surface area contributed by atoms with Gasteiger partial charge in [-0.15, -0.1) is 0 Å². The average Bonchev–Trinajstić information content (AvgIpc) is 2.81. The Kier molecular flexibility index (Phi) is 6.49. The van der Waals surface area contributed by atoms with Gasteiger partial charge in [-0.25, -0.2) is 8.42 Å². The molecule has 1 heterocycles. The van der Waals surface area contributed by atoms with E-state index in [2.05, 4.69) is 5.32 Å². The highest BCUT2D eigenvalue weighted by Gasteiger charge is 2.31. The smallest absolute Gasteiger partial charge is 0.243 e. The summed E-state index contributed by atoms with van der Waals surface area (Å²) in [6, 6.07) is 27.9. The first kappa shape index (κ1) is 21.3. The van der Waals surface area contributed by atoms with Gasteiger partial charge in [0, 0.05) is 19.1 Å². The molecule has 1 fully saturated rings. The molecule has 5 nitrogen and oxygen atoms in total. The molecule has 6 heteroatoms. The van der Waals surface area contributed by atoms with Crippen LogP contribution in [0.2, 0.25) is 0 Å². The lowest BCUT2D eigenvalue weighted by Gasteiger charge is -2.32. The van der Waals surface area contributed by atoms with Gasteiger partial charge in [0.25, 0.3) is 0 Å². The lowest BCUT2D eigenvalue weighted by Crippen LogP contribution is -2.47. The van der Waals surface area contributed by atoms with Crippen LogP contribution in [0.15, 0.2) is 95.9 Å². The van der Waals surface area contributed by atoms with E-state index in [-0.39, 0.29) is 11.9 Å². The Morgan fingerprint density at radius 1 is 0.774 bits per heavy atom. The van der Waals surface area contributed by atoms with Crippen molar-refractivity contribution in [1.29, 1.82) is 0 Å². The molecule has 1 saturated heterocycles. The topological polar surface area (TPSA) is 66.5 Å². The van der Waals surface area contributed by atoms with Gasteiger partial charge in [-0.2, -0.15) is 4.31 Å². The Balaban J connectivity index is 1.44. The third-order valence-corrected chi connectivity index (χ3v) is 7.62. The van der Waals surface area contributed by atoms with Crippen LogP contribution in [0.1, 0.15) is 29.9 Å². The summed E-state index contributed by atoms with van der Waals surface area (Å²) in [5, 5.41) is 3.17. The summed E-state index contributed by atoms with van der Waals surface area (Å²) in [6.45, 7) is 0.785. The summed E-state index contributed by atoms with van der Waals surface area (Å²) in [7, 11) is -3.50. The molecule has 0 unspecified atom stereocenters. The Morgan fingerprint density at radius 3 is 1.71 bits per heavy atom. The summed E-state index contributed by atoms with van der Waals surface area (Å²) in [5.74, 6) is -0.449. The molecule has 0 spiro atoms. The lowest BCUT2D eigenvalue weighted by atomic mass is 9.90. The van der Waals surface area contributed by atoms with E-state index < -0.39 is 15.9 Å². The van der Waals surface area contributed by atoms with E-state index >= 15 is 0 Å². The molecule has 0 bridgehead atoms. The molecule has 0 saturated carbocycles. The molecule has 3 aromatic carbocycles. The average molecular weight is 435 g/mol. The first-order valence-corrected chi connectivity index (χ1v) is 11.9. The van der Waals surface area contributed by atoms with Gasteiger partial charge in [0.15, 0.2) is 0 Å². The molecule has 1 aliphatic rings. The number of benzene rings is 3. The number of amides is 1. The monoisotopic (exact) mass is 434 g/mol. The summed E-state index contributed by atoms with van der Waals surface area (Å²) in [6.07, 6.45) is 1.18. The number of piperidine rings is 1. The highest BCUT2D eigenvalue weighted by Crippen LogP contribution is 2.26. The Labute approximate surface area is 183 Å². The highest BCUT2D eigenvalue weighted by atomic mass is 32.2. The van der Waals surface area contributed by atoms with Gasteiger partial charge < -0.3 is 5.32 Å². The second-order valence-electron chi connectivity index (χ2n) is 7.75. The zero-order valence-corrected chi connectivity index (χ0v) is 18.0. The minimum Gasteiger partial charge on any atom is -0.352 e. The number of carbonyl (C=O) groups is 1. The van der Waals surface area contributed by atoms with E-state index in [1.54, 1.807) is 30.3 Å². The molecule has 160 valence electrons. The van der Waals surface area contributed by atoms with Crippen LogP contribution in [0.3, 0.4) is 0 Å². The van der Waals surface area contributed by atoms with E-state index in [1.807, 2.05) is 60.7 Å². The standard InChI is InChI=1S/C25H26N2O3S/c28-25(24(20-10-4-1-5-11-20)21-12-6-2-7-13-21)26-22-16-18-27(19-17-22)31(29,30)23-14-8-3-9-15-23/h1-15,22,24H,16-19H2,(H,26,28). The maximum atomic E-state index is 13.3. The van der Waals surface area contributed by atoms with E-state index in [1.165, 1.54) is 4.31 Å². The largest absolute Gasteiger partial charge is 0.352 e. The van der Waals surface area contributed by atoms with Crippen LogP contribution < -0.4 is 5.32 Å². The van der Waals surface area contributed by atoms with E-state index in [9.17, 15) is 13.2 Å². The van der Waals surface area contributed by atoms with Crippen molar-refractivity contribution in [3.63, 3.8) is 0 Å². The normalized spacial score (nSPS) is 15.6. The number of hydrogen-bond acceptors (Lipinski definition) is 3. The van der Waals surface area contributed by atoms with Crippen LogP contribution in [-0.4, -0.2) is 37.8 Å². The minimum absolute atomic E-state index is 0.0513. The predicted octanol–water partition coefficient (Wildman–Crippen LogP) is 3.79. The van der Waals surface area contributed by atoms with Gasteiger partial charge in [0.1, 0.15) is 0 Å². The highest BCUT2D eigenvalue weighted by molar-refractivity contribution is 7.89. The second-order valence-corrected chi connectivity index (χ2v) is 9.69. The van der Waals surface area contributed by atoms with Gasteiger partial charge in [0.2, 0.25) is 15.9 Å². The van der Waals surface area contributed by atoms with Gasteiger partial charge in [-0.3, -0.25) is 4.79 Å². The fraction of sp³-hybridized carbons (Fsp3) is 0.240. The number of hydrogen-bond donors (Lipinski definition) is 1. The number of carbonyl (C=O) groups excluding carboxylic acids is 1. The van der Waals surface area contributed by atoms with Crippen LogP contribution in [0, 0.1) is 0 Å². The Bertz CT molecular complexity index is 1060. The molecule has 0 atom stereocenters. The molecule has 3 aromatic rings. The SMILES string of the molecule is O=C(NC1CCN(S(=O)(=O)c2ccccc2)CC1)C(c1ccccc1)c1ccccc1. The Hall–Kier alpha value is -2.96. The van der Waals surface area contributed by atoms with E-state index in [4.69, 9.17) is 0 Å². The van der Waals surface area contributed by atoms with E-state index in [0.717, 1.165) is 11.1 Å². The first-order chi connectivity index (χ1) is 15.1. The van der Waals surface area contributed by atoms with Crippen LogP contribution in [0.25, 0.3) is 0 Å². The van der Waals surface area contributed by atoms with Crippen LogP contribution >= 0.6 is 0 Å². The third kappa shape index (κ3) is 4.86. The van der Waals surface area contributed by atoms with Crippen molar-refractivity contribution >= 4 is 15.9 Å². The van der Waals surface area contributed by atoms with Crippen molar-refractivity contribution in [2.45, 2.75) is 29.7 Å². The van der Waals surface area contributed by atoms with Crippen molar-refractivity contribution in [2.24, 2.45) is 0 Å². The zero-order valence-electron chi connectivity index (χ0n) is 17.2. The van der Waals surface area contributed by atoms with Gasteiger partial charge >= 0.3 is 0 Å². The van der Waals surface area contributed by atoms with Crippen molar-refractivity contribution in [3.8, 4) is 0 Å². The molecule has 1 N–H and O–H groups in total. The number of nitrogens with one attached hydrogen (secondary N) is 1. The maximum Gasteiger partial charge on any atom is 0.243 e. The molecule has 0 aromatic heterocycles. The molecular weight excluding hydrogens is 408 g/mol. The van der Waals surface area contributed by atoms with Crippen molar-refractivity contribution < 1.29 is 13.2 Å². The lowest BCUT2D eigenvalue weighted by molar-refractivity contribution is -0.122. The van der Waals surface area contributed by atoms with Crippen molar-refractivity contribution in [1.82, 2.24) is 9.62 Å². The van der Waals surface area contributed by atoms with E-state index in [0.29, 0.717) is 30.8 Å². The molecule has 0 aliphatic carbocycles. The fourth-order valence-electron chi connectivity index (χ4n) is 4.05. The second kappa shape index (κ2) is 9.45. The molecule has 0 radical (unpaired) electrons. The predicted molar refractivity (Wildman–Crippen MR) is 121 cm³/mol. The van der Waals surface area contributed by atoms with Gasteiger partial charge in [-0.1, -0.05) is 78.9 Å². The minimum atomic E-state index is -3.50. The van der Waals surface area contributed by atoms with Gasteiger partial charge in [-0.05, 0) is 36.1 Å². The molecule has 1 aliphatic heterocycles. The summed E-state index contributed by atoms with van der Waals surface area (Å²) in [4.78, 5) is 13.6. The summed E-state index contributed by atoms with van der Waals surface area (Å²) in [5.41, 5.74) is 1.88. The maximum absolute atomic E-state index is 13.3. The van der Waals surface area contributed by atoms with Crippen LogP contribution in [0.5, 0.6) is 0 Å². The quantitative estimate of drug-likeness (QED) is 0.642. The number of sulfonamides is 1. The van der Waals surface area contributed by atoms with Crippen molar-refractivity contribution in [2.75, 3.05) is 13.1 Å². The molecule has 1 amide bonds. The molecule has 4 rings (SSSR count).